The zero-order valence-electron chi connectivity index (χ0n) is 16.7. The van der Waals surface area contributed by atoms with E-state index in [4.69, 9.17) is 4.42 Å². The van der Waals surface area contributed by atoms with Crippen molar-refractivity contribution in [3.8, 4) is 11.3 Å². The van der Waals surface area contributed by atoms with Crippen LogP contribution < -0.4 is 0 Å². The van der Waals surface area contributed by atoms with E-state index in [-0.39, 0.29) is 41.2 Å². The van der Waals surface area contributed by atoms with Gasteiger partial charge in [-0.3, -0.25) is 19.7 Å². The van der Waals surface area contributed by atoms with E-state index in [1.54, 1.807) is 18.2 Å². The number of carbonyl (C=O) groups excluding carboxylic acids is 2. The maximum absolute atomic E-state index is 13.0. The number of hydrogen-bond acceptors (Lipinski definition) is 6. The first-order valence-electron chi connectivity index (χ1n) is 10.4. The molecule has 2 amide bonds. The molecule has 2 saturated carbocycles. The van der Waals surface area contributed by atoms with Gasteiger partial charge >= 0.3 is 0 Å². The van der Waals surface area contributed by atoms with E-state index in [2.05, 4.69) is 17.3 Å². The average Bonchev–Trinajstić information content (AvgIpc) is 3.40. The van der Waals surface area contributed by atoms with Crippen LogP contribution in [0.2, 0.25) is 0 Å². The standard InChI is InChI=1S/C23H19N3O5/c1-11-2-3-12(26(29)30)8-16(11)19-7-4-13(31-19)10-24-25-22(27)20-14-5-6-15(18-9-17(14)18)21(20)23(25)28/h2-8,10,14-15,17-18,20-21H,9H2,1H3/b24-10-/t14-,15+,17-,18+,20-,21+. The Morgan fingerprint density at radius 3 is 2.42 bits per heavy atom. The number of nitrogens with zero attached hydrogens (tertiary/aromatic N) is 3. The smallest absolute Gasteiger partial charge is 0.270 e. The van der Waals surface area contributed by atoms with E-state index < -0.39 is 4.92 Å². The van der Waals surface area contributed by atoms with Crippen LogP contribution in [0.3, 0.4) is 0 Å². The molecule has 0 radical (unpaired) electrons. The number of amides is 2. The highest BCUT2D eigenvalue weighted by molar-refractivity contribution is 6.06. The lowest BCUT2D eigenvalue weighted by atomic mass is 9.63. The highest BCUT2D eigenvalue weighted by Gasteiger charge is 2.67. The summed E-state index contributed by atoms with van der Waals surface area (Å²) >= 11 is 0. The molecule has 3 fully saturated rings. The molecular weight excluding hydrogens is 398 g/mol. The monoisotopic (exact) mass is 417 g/mol. The van der Waals surface area contributed by atoms with Crippen LogP contribution in [-0.4, -0.2) is 28.0 Å². The maximum atomic E-state index is 13.0. The summed E-state index contributed by atoms with van der Waals surface area (Å²) in [4.78, 5) is 36.5. The maximum Gasteiger partial charge on any atom is 0.270 e. The summed E-state index contributed by atoms with van der Waals surface area (Å²) in [5.41, 5.74) is 1.42. The second-order valence-electron chi connectivity index (χ2n) is 8.85. The van der Waals surface area contributed by atoms with Crippen LogP contribution in [0, 0.1) is 52.5 Å². The Labute approximate surface area is 177 Å². The number of rotatable bonds is 4. The van der Waals surface area contributed by atoms with E-state index in [9.17, 15) is 19.7 Å². The Bertz CT molecular complexity index is 1180. The molecule has 2 heterocycles. The van der Waals surface area contributed by atoms with Crippen molar-refractivity contribution in [3.05, 3.63) is 63.9 Å². The van der Waals surface area contributed by atoms with Gasteiger partial charge in [-0.2, -0.15) is 10.1 Å². The fourth-order valence-electron chi connectivity index (χ4n) is 5.73. The number of imide groups is 1. The molecule has 0 spiro atoms. The van der Waals surface area contributed by atoms with Crippen molar-refractivity contribution in [2.45, 2.75) is 13.3 Å². The summed E-state index contributed by atoms with van der Waals surface area (Å²) in [7, 11) is 0. The molecule has 7 rings (SSSR count). The lowest BCUT2D eigenvalue weighted by molar-refractivity contribution is -0.384. The van der Waals surface area contributed by atoms with Gasteiger partial charge in [0.15, 0.2) is 0 Å². The highest BCUT2D eigenvalue weighted by atomic mass is 16.6. The molecule has 6 atom stereocenters. The van der Waals surface area contributed by atoms with Crippen molar-refractivity contribution < 1.29 is 18.9 Å². The summed E-state index contributed by atoms with van der Waals surface area (Å²) in [5.74, 6) is 1.19. The average molecular weight is 417 g/mol. The SMILES string of the molecule is Cc1ccc([N+](=O)[O-])cc1-c1ccc(/C=N\N2C(=O)[C@@H]3[C@@H]4C=C[C@@H]([C@@H]5C[C@H]45)[C@@H]3C2=O)o1. The normalized spacial score (nSPS) is 32.6. The van der Waals surface area contributed by atoms with Crippen LogP contribution in [0.1, 0.15) is 17.7 Å². The Hall–Kier alpha value is -3.55. The third-order valence-electron chi connectivity index (χ3n) is 7.26. The molecule has 0 unspecified atom stereocenters. The number of hydrazone groups is 1. The molecular formula is C23H19N3O5. The van der Waals surface area contributed by atoms with Crippen molar-refractivity contribution in [3.63, 3.8) is 0 Å². The van der Waals surface area contributed by atoms with Crippen LogP contribution in [-0.2, 0) is 9.59 Å². The molecule has 156 valence electrons. The predicted octanol–water partition coefficient (Wildman–Crippen LogP) is 3.55. The molecule has 4 aliphatic carbocycles. The van der Waals surface area contributed by atoms with E-state index in [0.29, 0.717) is 28.9 Å². The van der Waals surface area contributed by atoms with E-state index in [1.807, 2.05) is 6.92 Å². The molecule has 8 nitrogen and oxygen atoms in total. The van der Waals surface area contributed by atoms with Gasteiger partial charge in [-0.05, 0) is 54.7 Å². The number of nitro benzene ring substituents is 1. The third-order valence-corrected chi connectivity index (χ3v) is 7.26. The van der Waals surface area contributed by atoms with Crippen molar-refractivity contribution in [1.82, 2.24) is 5.01 Å². The summed E-state index contributed by atoms with van der Waals surface area (Å²) in [6, 6.07) is 7.93. The van der Waals surface area contributed by atoms with Crippen LogP contribution in [0.5, 0.6) is 0 Å². The second kappa shape index (κ2) is 6.23. The Balaban J connectivity index is 1.25. The van der Waals surface area contributed by atoms with Crippen LogP contribution in [0.4, 0.5) is 5.69 Å². The zero-order valence-corrected chi connectivity index (χ0v) is 16.7. The molecule has 0 N–H and O–H groups in total. The van der Waals surface area contributed by atoms with Crippen molar-refractivity contribution in [1.29, 1.82) is 0 Å². The van der Waals surface area contributed by atoms with Crippen molar-refractivity contribution in [2.75, 3.05) is 0 Å². The van der Waals surface area contributed by atoms with Gasteiger partial charge < -0.3 is 4.42 Å². The Morgan fingerprint density at radius 2 is 1.77 bits per heavy atom. The first kappa shape index (κ1) is 18.2. The molecule has 2 bridgehead atoms. The molecule has 1 saturated heterocycles. The number of aryl methyl sites for hydroxylation is 1. The van der Waals surface area contributed by atoms with Gasteiger partial charge in [0.05, 0.1) is 23.0 Å². The number of carbonyl (C=O) groups is 2. The molecule has 1 aromatic carbocycles. The van der Waals surface area contributed by atoms with Crippen LogP contribution in [0.25, 0.3) is 11.3 Å². The minimum atomic E-state index is -0.454. The minimum Gasteiger partial charge on any atom is -0.455 e. The first-order valence-corrected chi connectivity index (χ1v) is 10.4. The topological polar surface area (TPSA) is 106 Å². The molecule has 31 heavy (non-hydrogen) atoms. The van der Waals surface area contributed by atoms with E-state index in [1.165, 1.54) is 18.3 Å². The summed E-state index contributed by atoms with van der Waals surface area (Å²) in [5, 5.41) is 16.3. The minimum absolute atomic E-state index is 0.0237. The molecule has 1 aliphatic heterocycles. The quantitative estimate of drug-likeness (QED) is 0.249. The molecule has 2 aromatic rings. The number of non-ortho nitro benzene ring substituents is 1. The Kier molecular flexibility index (Phi) is 3.66. The fraction of sp³-hybridized carbons (Fsp3) is 0.348. The number of furan rings is 1. The van der Waals surface area contributed by atoms with Crippen LogP contribution >= 0.6 is 0 Å². The largest absolute Gasteiger partial charge is 0.455 e. The van der Waals surface area contributed by atoms with E-state index >= 15 is 0 Å². The first-order chi connectivity index (χ1) is 14.9. The lowest BCUT2D eigenvalue weighted by Gasteiger charge is -2.37. The van der Waals surface area contributed by atoms with Gasteiger partial charge in [0, 0.05) is 17.7 Å². The van der Waals surface area contributed by atoms with Gasteiger partial charge in [-0.1, -0.05) is 18.2 Å². The van der Waals surface area contributed by atoms with Crippen molar-refractivity contribution in [2.24, 2.45) is 40.6 Å². The lowest BCUT2D eigenvalue weighted by Crippen LogP contribution is -2.40. The van der Waals surface area contributed by atoms with Gasteiger partial charge in [-0.15, -0.1) is 0 Å². The third kappa shape index (κ3) is 2.57. The van der Waals surface area contributed by atoms with E-state index in [0.717, 1.165) is 17.0 Å². The Morgan fingerprint density at radius 1 is 1.10 bits per heavy atom. The van der Waals surface area contributed by atoms with Gasteiger partial charge in [0.2, 0.25) is 0 Å². The summed E-state index contributed by atoms with van der Waals surface area (Å²) in [6.07, 6.45) is 6.72. The summed E-state index contributed by atoms with van der Waals surface area (Å²) < 4.78 is 5.78. The number of benzene rings is 1. The molecule has 1 aromatic heterocycles. The second-order valence-corrected chi connectivity index (χ2v) is 8.85. The number of nitro groups is 1. The number of hydrogen-bond donors (Lipinski definition) is 0. The summed E-state index contributed by atoms with van der Waals surface area (Å²) in [6.45, 7) is 1.84. The molecule has 5 aliphatic rings. The van der Waals surface area contributed by atoms with Crippen molar-refractivity contribution >= 4 is 23.7 Å². The van der Waals surface area contributed by atoms with Gasteiger partial charge in [0.1, 0.15) is 11.5 Å². The predicted molar refractivity (Wildman–Crippen MR) is 110 cm³/mol. The zero-order chi connectivity index (χ0) is 21.4. The molecule has 8 heteroatoms. The fourth-order valence-corrected chi connectivity index (χ4v) is 5.73. The van der Waals surface area contributed by atoms with Crippen LogP contribution in [0.15, 0.2) is 52.0 Å². The number of allylic oxidation sites excluding steroid dienone is 2. The van der Waals surface area contributed by atoms with Gasteiger partial charge in [-0.25, -0.2) is 0 Å². The van der Waals surface area contributed by atoms with Gasteiger partial charge in [0.25, 0.3) is 17.5 Å². The highest BCUT2D eigenvalue weighted by Crippen LogP contribution is 2.65.